The average Bonchev–Trinajstić information content (AvgIpc) is 2.36. The third kappa shape index (κ3) is 5.11. The Labute approximate surface area is 101 Å². The Bertz CT molecular complexity index is 393. The summed E-state index contributed by atoms with van der Waals surface area (Å²) in [7, 11) is 0. The minimum Gasteiger partial charge on any atom is -0.462 e. The zero-order chi connectivity index (χ0) is 12.5. The van der Waals surface area contributed by atoms with Gasteiger partial charge in [0.2, 0.25) is 0 Å². The second-order valence-electron chi connectivity index (χ2n) is 3.57. The molecule has 0 radical (unpaired) electrons. The number of ether oxygens (including phenoxy) is 1. The standard InChI is InChI=1S/C14H16O3/c1-2-7-13(15)10-6-11-17-14(16)12-8-4-3-5-9-12/h2-5,7-9H,6,10-11H2,1H3/b7-2+. The number of benzene rings is 1. The molecule has 17 heavy (non-hydrogen) atoms. The molecule has 0 unspecified atom stereocenters. The van der Waals surface area contributed by atoms with E-state index < -0.39 is 0 Å². The molecule has 1 rings (SSSR count). The van der Waals surface area contributed by atoms with Crippen molar-refractivity contribution in [2.75, 3.05) is 6.61 Å². The molecule has 0 spiro atoms. The van der Waals surface area contributed by atoms with Crippen LogP contribution < -0.4 is 0 Å². The number of hydrogen-bond acceptors (Lipinski definition) is 3. The van der Waals surface area contributed by atoms with E-state index in [1.54, 1.807) is 37.3 Å². The Morgan fingerprint density at radius 3 is 2.59 bits per heavy atom. The van der Waals surface area contributed by atoms with Gasteiger partial charge < -0.3 is 4.74 Å². The van der Waals surface area contributed by atoms with Gasteiger partial charge in [-0.1, -0.05) is 24.3 Å². The fraction of sp³-hybridized carbons (Fsp3) is 0.286. The highest BCUT2D eigenvalue weighted by atomic mass is 16.5. The van der Waals surface area contributed by atoms with Crippen LogP contribution in [-0.4, -0.2) is 18.4 Å². The van der Waals surface area contributed by atoms with Gasteiger partial charge in [0, 0.05) is 6.42 Å². The molecular formula is C14H16O3. The normalized spacial score (nSPS) is 10.4. The summed E-state index contributed by atoms with van der Waals surface area (Å²) in [5, 5.41) is 0. The molecule has 1 aromatic carbocycles. The highest BCUT2D eigenvalue weighted by Crippen LogP contribution is 2.02. The van der Waals surface area contributed by atoms with Gasteiger partial charge in [-0.25, -0.2) is 4.79 Å². The van der Waals surface area contributed by atoms with Crippen molar-refractivity contribution in [3.8, 4) is 0 Å². The fourth-order valence-electron chi connectivity index (χ4n) is 1.34. The Morgan fingerprint density at radius 1 is 1.24 bits per heavy atom. The van der Waals surface area contributed by atoms with Crippen molar-refractivity contribution in [3.05, 3.63) is 48.0 Å². The SMILES string of the molecule is C/C=C/C(=O)CCCOC(=O)c1ccccc1. The summed E-state index contributed by atoms with van der Waals surface area (Å²) in [5.41, 5.74) is 0.535. The van der Waals surface area contributed by atoms with Crippen molar-refractivity contribution >= 4 is 11.8 Å². The molecule has 0 saturated carbocycles. The summed E-state index contributed by atoms with van der Waals surface area (Å²) in [6.45, 7) is 2.07. The minimum atomic E-state index is -0.343. The highest BCUT2D eigenvalue weighted by molar-refractivity contribution is 5.90. The largest absolute Gasteiger partial charge is 0.462 e. The van der Waals surface area contributed by atoms with Crippen molar-refractivity contribution in [2.24, 2.45) is 0 Å². The fourth-order valence-corrected chi connectivity index (χ4v) is 1.34. The third-order valence-corrected chi connectivity index (χ3v) is 2.16. The van der Waals surface area contributed by atoms with Crippen molar-refractivity contribution < 1.29 is 14.3 Å². The molecule has 3 heteroatoms. The minimum absolute atomic E-state index is 0.0586. The molecule has 0 bridgehead atoms. The lowest BCUT2D eigenvalue weighted by atomic mass is 10.2. The van der Waals surface area contributed by atoms with E-state index in [0.717, 1.165) is 0 Å². The van der Waals surface area contributed by atoms with Gasteiger partial charge in [-0.05, 0) is 31.6 Å². The summed E-state index contributed by atoms with van der Waals surface area (Å²) in [6, 6.07) is 8.81. The van der Waals surface area contributed by atoms with Crippen LogP contribution in [0.3, 0.4) is 0 Å². The number of carbonyl (C=O) groups excluding carboxylic acids is 2. The monoisotopic (exact) mass is 232 g/mol. The van der Waals surface area contributed by atoms with Crippen LogP contribution in [0, 0.1) is 0 Å². The van der Waals surface area contributed by atoms with Gasteiger partial charge >= 0.3 is 5.97 Å². The first-order valence-corrected chi connectivity index (χ1v) is 5.61. The van der Waals surface area contributed by atoms with Crippen LogP contribution in [-0.2, 0) is 9.53 Å². The van der Waals surface area contributed by atoms with Crippen molar-refractivity contribution in [3.63, 3.8) is 0 Å². The molecule has 1 aromatic rings. The van der Waals surface area contributed by atoms with Crippen LogP contribution >= 0.6 is 0 Å². The Balaban J connectivity index is 2.24. The lowest BCUT2D eigenvalue weighted by Crippen LogP contribution is -2.07. The molecule has 0 saturated heterocycles. The average molecular weight is 232 g/mol. The Hall–Kier alpha value is -1.90. The van der Waals surface area contributed by atoms with Gasteiger partial charge in [-0.3, -0.25) is 4.79 Å². The number of rotatable bonds is 6. The Morgan fingerprint density at radius 2 is 1.94 bits per heavy atom. The molecule has 0 aliphatic heterocycles. The first kappa shape index (κ1) is 13.2. The van der Waals surface area contributed by atoms with E-state index >= 15 is 0 Å². The third-order valence-electron chi connectivity index (χ3n) is 2.16. The molecule has 3 nitrogen and oxygen atoms in total. The van der Waals surface area contributed by atoms with Crippen LogP contribution in [0.25, 0.3) is 0 Å². The van der Waals surface area contributed by atoms with Crippen LogP contribution in [0.4, 0.5) is 0 Å². The zero-order valence-corrected chi connectivity index (χ0v) is 9.89. The van der Waals surface area contributed by atoms with E-state index in [1.165, 1.54) is 6.08 Å². The second-order valence-corrected chi connectivity index (χ2v) is 3.57. The van der Waals surface area contributed by atoms with Gasteiger partial charge in [-0.15, -0.1) is 0 Å². The number of ketones is 1. The maximum Gasteiger partial charge on any atom is 0.338 e. The van der Waals surface area contributed by atoms with Gasteiger partial charge in [0.05, 0.1) is 12.2 Å². The van der Waals surface area contributed by atoms with Gasteiger partial charge in [0.1, 0.15) is 0 Å². The summed E-state index contributed by atoms with van der Waals surface area (Å²) in [4.78, 5) is 22.6. The lowest BCUT2D eigenvalue weighted by molar-refractivity contribution is -0.114. The topological polar surface area (TPSA) is 43.4 Å². The highest BCUT2D eigenvalue weighted by Gasteiger charge is 2.05. The lowest BCUT2D eigenvalue weighted by Gasteiger charge is -2.03. The molecule has 0 aliphatic rings. The molecule has 90 valence electrons. The van der Waals surface area contributed by atoms with E-state index in [9.17, 15) is 9.59 Å². The van der Waals surface area contributed by atoms with Gasteiger partial charge in [-0.2, -0.15) is 0 Å². The Kier molecular flexibility index (Phi) is 5.72. The zero-order valence-electron chi connectivity index (χ0n) is 9.89. The summed E-state index contributed by atoms with van der Waals surface area (Å²) in [6.07, 6.45) is 4.20. The molecular weight excluding hydrogens is 216 g/mol. The summed E-state index contributed by atoms with van der Waals surface area (Å²) in [5.74, 6) is -0.285. The molecule has 0 aliphatic carbocycles. The molecule has 0 amide bonds. The van der Waals surface area contributed by atoms with Crippen LogP contribution in [0.2, 0.25) is 0 Å². The predicted octanol–water partition coefficient (Wildman–Crippen LogP) is 2.77. The van der Waals surface area contributed by atoms with Crippen LogP contribution in [0.15, 0.2) is 42.5 Å². The molecule has 0 fully saturated rings. The maximum absolute atomic E-state index is 11.5. The quantitative estimate of drug-likeness (QED) is 0.430. The van der Waals surface area contributed by atoms with E-state index in [-0.39, 0.29) is 18.4 Å². The van der Waals surface area contributed by atoms with E-state index in [0.29, 0.717) is 18.4 Å². The van der Waals surface area contributed by atoms with Crippen molar-refractivity contribution in [1.82, 2.24) is 0 Å². The molecule has 0 aromatic heterocycles. The van der Waals surface area contributed by atoms with E-state index in [1.807, 2.05) is 6.07 Å². The van der Waals surface area contributed by atoms with E-state index in [4.69, 9.17) is 4.74 Å². The maximum atomic E-state index is 11.5. The van der Waals surface area contributed by atoms with Gasteiger partial charge in [0.15, 0.2) is 5.78 Å². The van der Waals surface area contributed by atoms with Crippen molar-refractivity contribution in [2.45, 2.75) is 19.8 Å². The number of allylic oxidation sites excluding steroid dienone is 2. The van der Waals surface area contributed by atoms with E-state index in [2.05, 4.69) is 0 Å². The number of hydrogen-bond donors (Lipinski definition) is 0. The summed E-state index contributed by atoms with van der Waals surface area (Å²) < 4.78 is 5.04. The first-order valence-electron chi connectivity index (χ1n) is 5.61. The number of esters is 1. The van der Waals surface area contributed by atoms with Crippen LogP contribution in [0.1, 0.15) is 30.1 Å². The molecule has 0 heterocycles. The van der Waals surface area contributed by atoms with Crippen molar-refractivity contribution in [1.29, 1.82) is 0 Å². The molecule has 0 N–H and O–H groups in total. The predicted molar refractivity (Wildman–Crippen MR) is 65.8 cm³/mol. The summed E-state index contributed by atoms with van der Waals surface area (Å²) >= 11 is 0. The van der Waals surface area contributed by atoms with Crippen LogP contribution in [0.5, 0.6) is 0 Å². The smallest absolute Gasteiger partial charge is 0.338 e. The van der Waals surface area contributed by atoms with Gasteiger partial charge in [0.25, 0.3) is 0 Å². The first-order chi connectivity index (χ1) is 8.24. The molecule has 0 atom stereocenters. The second kappa shape index (κ2) is 7.39. The number of carbonyl (C=O) groups is 2.